The highest BCUT2D eigenvalue weighted by atomic mass is 16.5. The fourth-order valence-corrected chi connectivity index (χ4v) is 5.18. The van der Waals surface area contributed by atoms with Crippen LogP contribution in [0.25, 0.3) is 11.4 Å². The van der Waals surface area contributed by atoms with Crippen molar-refractivity contribution < 1.29 is 14.1 Å². The Morgan fingerprint density at radius 1 is 0.861 bits per heavy atom. The van der Waals surface area contributed by atoms with Gasteiger partial charge in [-0.1, -0.05) is 29.4 Å². The predicted molar refractivity (Wildman–Crippen MR) is 138 cm³/mol. The molecule has 8 heteroatoms. The van der Waals surface area contributed by atoms with Crippen molar-refractivity contribution in [2.75, 3.05) is 44.2 Å². The molecule has 2 amide bonds. The zero-order valence-electron chi connectivity index (χ0n) is 21.2. The third-order valence-corrected chi connectivity index (χ3v) is 7.35. The van der Waals surface area contributed by atoms with Crippen molar-refractivity contribution in [1.29, 1.82) is 0 Å². The van der Waals surface area contributed by atoms with Crippen molar-refractivity contribution in [3.63, 3.8) is 0 Å². The van der Waals surface area contributed by atoms with E-state index in [2.05, 4.69) is 47.1 Å². The number of rotatable bonds is 4. The van der Waals surface area contributed by atoms with Gasteiger partial charge in [0.25, 0.3) is 5.91 Å². The second-order valence-electron chi connectivity index (χ2n) is 9.88. The van der Waals surface area contributed by atoms with E-state index in [0.717, 1.165) is 31.7 Å². The Kier molecular flexibility index (Phi) is 6.76. The summed E-state index contributed by atoms with van der Waals surface area (Å²) in [5.41, 5.74) is 5.25. The summed E-state index contributed by atoms with van der Waals surface area (Å²) in [5, 5.41) is 3.92. The minimum atomic E-state index is -0.00911. The lowest BCUT2D eigenvalue weighted by Gasteiger charge is -2.40. The summed E-state index contributed by atoms with van der Waals surface area (Å²) in [4.78, 5) is 36.7. The summed E-state index contributed by atoms with van der Waals surface area (Å²) in [6.45, 7) is 10.4. The predicted octanol–water partition coefficient (Wildman–Crippen LogP) is 3.86. The van der Waals surface area contributed by atoms with Crippen molar-refractivity contribution in [1.82, 2.24) is 19.9 Å². The van der Waals surface area contributed by atoms with Gasteiger partial charge in [-0.05, 0) is 56.0 Å². The van der Waals surface area contributed by atoms with E-state index in [9.17, 15) is 9.59 Å². The largest absolute Gasteiger partial charge is 0.368 e. The summed E-state index contributed by atoms with van der Waals surface area (Å²) in [6.07, 6.45) is 1.42. The van der Waals surface area contributed by atoms with Crippen LogP contribution in [0.1, 0.15) is 40.2 Å². The number of piperazine rings is 1. The minimum absolute atomic E-state index is 0.00104. The van der Waals surface area contributed by atoms with E-state index in [0.29, 0.717) is 43.2 Å². The third kappa shape index (κ3) is 4.98. The minimum Gasteiger partial charge on any atom is -0.368 e. The smallest absolute Gasteiger partial charge is 0.253 e. The molecule has 3 heterocycles. The molecule has 0 radical (unpaired) electrons. The SMILES string of the molecule is Cc1ccc(C)c(N2CCN(C(=O)C3CCN(C(=O)c4ccc(-c5noc(C)n5)cc4)CC3)CC2)c1. The Balaban J connectivity index is 1.12. The van der Waals surface area contributed by atoms with Gasteiger partial charge in [-0.3, -0.25) is 9.59 Å². The van der Waals surface area contributed by atoms with Crippen LogP contribution in [0.5, 0.6) is 0 Å². The van der Waals surface area contributed by atoms with Crippen molar-refractivity contribution >= 4 is 17.5 Å². The van der Waals surface area contributed by atoms with E-state index >= 15 is 0 Å². The van der Waals surface area contributed by atoms with E-state index in [4.69, 9.17) is 4.52 Å². The van der Waals surface area contributed by atoms with Crippen LogP contribution in [-0.4, -0.2) is 71.0 Å². The number of nitrogens with zero attached hydrogens (tertiary/aromatic N) is 5. The van der Waals surface area contributed by atoms with Crippen molar-refractivity contribution in [3.8, 4) is 11.4 Å². The number of hydrogen-bond donors (Lipinski definition) is 0. The lowest BCUT2D eigenvalue weighted by atomic mass is 9.94. The Bertz CT molecular complexity index is 1240. The van der Waals surface area contributed by atoms with Crippen molar-refractivity contribution in [2.45, 2.75) is 33.6 Å². The molecule has 0 bridgehead atoms. The lowest BCUT2D eigenvalue weighted by molar-refractivity contribution is -0.137. The van der Waals surface area contributed by atoms with Crippen LogP contribution in [0.2, 0.25) is 0 Å². The molecule has 0 aliphatic carbocycles. The van der Waals surface area contributed by atoms with Gasteiger partial charge >= 0.3 is 0 Å². The number of amides is 2. The molecule has 0 atom stereocenters. The summed E-state index contributed by atoms with van der Waals surface area (Å²) in [7, 11) is 0. The molecule has 2 aromatic carbocycles. The first-order valence-electron chi connectivity index (χ1n) is 12.7. The first-order valence-corrected chi connectivity index (χ1v) is 12.7. The van der Waals surface area contributed by atoms with E-state index in [-0.39, 0.29) is 17.7 Å². The number of carbonyl (C=O) groups excluding carboxylic acids is 2. The number of aromatic nitrogens is 2. The third-order valence-electron chi connectivity index (χ3n) is 7.35. The number of hydrogen-bond acceptors (Lipinski definition) is 6. The molecule has 2 fully saturated rings. The zero-order valence-corrected chi connectivity index (χ0v) is 21.2. The summed E-state index contributed by atoms with van der Waals surface area (Å²) in [6, 6.07) is 13.8. The summed E-state index contributed by atoms with van der Waals surface area (Å²) in [5.74, 6) is 1.25. The molecule has 5 rings (SSSR count). The molecule has 2 saturated heterocycles. The molecule has 0 saturated carbocycles. The zero-order chi connectivity index (χ0) is 25.2. The first kappa shape index (κ1) is 24.0. The molecule has 0 spiro atoms. The molecule has 1 aromatic heterocycles. The molecule has 188 valence electrons. The highest BCUT2D eigenvalue weighted by Gasteiger charge is 2.32. The monoisotopic (exact) mass is 487 g/mol. The van der Waals surface area contributed by atoms with E-state index < -0.39 is 0 Å². The van der Waals surface area contributed by atoms with Gasteiger partial charge in [0.05, 0.1) is 0 Å². The number of anilines is 1. The number of piperidine rings is 1. The molecule has 2 aliphatic heterocycles. The Morgan fingerprint density at radius 2 is 1.56 bits per heavy atom. The molecular formula is C28H33N5O3. The molecule has 36 heavy (non-hydrogen) atoms. The van der Waals surface area contributed by atoms with E-state index in [1.807, 2.05) is 21.9 Å². The van der Waals surface area contributed by atoms with Gasteiger partial charge in [-0.25, -0.2) is 0 Å². The van der Waals surface area contributed by atoms with Crippen LogP contribution in [0.4, 0.5) is 5.69 Å². The fraction of sp³-hybridized carbons (Fsp3) is 0.429. The number of carbonyl (C=O) groups is 2. The van der Waals surface area contributed by atoms with Gasteiger partial charge in [-0.2, -0.15) is 4.98 Å². The van der Waals surface area contributed by atoms with Crippen LogP contribution in [0.15, 0.2) is 47.0 Å². The standard InChI is InChI=1S/C28H33N5O3/c1-19-4-5-20(2)25(18-19)31-14-16-33(17-15-31)28(35)24-10-12-32(13-11-24)27(34)23-8-6-22(7-9-23)26-29-21(3)36-30-26/h4-9,18,24H,10-17H2,1-3H3. The maximum Gasteiger partial charge on any atom is 0.253 e. The highest BCUT2D eigenvalue weighted by Crippen LogP contribution is 2.26. The molecule has 0 unspecified atom stereocenters. The second-order valence-corrected chi connectivity index (χ2v) is 9.88. The maximum atomic E-state index is 13.2. The second kappa shape index (κ2) is 10.1. The van der Waals surface area contributed by atoms with Gasteiger partial charge in [-0.15, -0.1) is 0 Å². The van der Waals surface area contributed by atoms with Gasteiger partial charge in [0.15, 0.2) is 0 Å². The highest BCUT2D eigenvalue weighted by molar-refractivity contribution is 5.94. The average molecular weight is 488 g/mol. The Hall–Kier alpha value is -3.68. The van der Waals surface area contributed by atoms with Crippen LogP contribution in [0, 0.1) is 26.7 Å². The quantitative estimate of drug-likeness (QED) is 0.556. The lowest BCUT2D eigenvalue weighted by Crippen LogP contribution is -2.52. The van der Waals surface area contributed by atoms with Gasteiger partial charge in [0, 0.05) is 68.9 Å². The number of benzene rings is 2. The Labute approximate surface area is 211 Å². The number of likely N-dealkylation sites (tertiary alicyclic amines) is 1. The van der Waals surface area contributed by atoms with Crippen LogP contribution < -0.4 is 4.90 Å². The average Bonchev–Trinajstić information content (AvgIpc) is 3.36. The number of aryl methyl sites for hydroxylation is 3. The summed E-state index contributed by atoms with van der Waals surface area (Å²) >= 11 is 0. The van der Waals surface area contributed by atoms with Crippen LogP contribution in [-0.2, 0) is 4.79 Å². The topological polar surface area (TPSA) is 82.8 Å². The maximum absolute atomic E-state index is 13.2. The Morgan fingerprint density at radius 3 is 2.19 bits per heavy atom. The van der Waals surface area contributed by atoms with Gasteiger partial charge in [0.2, 0.25) is 17.6 Å². The van der Waals surface area contributed by atoms with E-state index in [1.54, 1.807) is 19.1 Å². The van der Waals surface area contributed by atoms with Crippen LogP contribution in [0.3, 0.4) is 0 Å². The molecule has 8 nitrogen and oxygen atoms in total. The fourth-order valence-electron chi connectivity index (χ4n) is 5.18. The summed E-state index contributed by atoms with van der Waals surface area (Å²) < 4.78 is 5.03. The van der Waals surface area contributed by atoms with Crippen molar-refractivity contribution in [3.05, 3.63) is 65.0 Å². The van der Waals surface area contributed by atoms with Gasteiger partial charge < -0.3 is 19.2 Å². The molecule has 3 aromatic rings. The first-order chi connectivity index (χ1) is 17.4. The normalized spacial score (nSPS) is 16.9. The van der Waals surface area contributed by atoms with Crippen molar-refractivity contribution in [2.24, 2.45) is 5.92 Å². The van der Waals surface area contributed by atoms with Gasteiger partial charge in [0.1, 0.15) is 0 Å². The molecule has 0 N–H and O–H groups in total. The van der Waals surface area contributed by atoms with Crippen LogP contribution >= 0.6 is 0 Å². The van der Waals surface area contributed by atoms with E-state index in [1.165, 1.54) is 16.8 Å². The molecular weight excluding hydrogens is 454 g/mol. The molecule has 2 aliphatic rings.